The Labute approximate surface area is 118 Å². The summed E-state index contributed by atoms with van der Waals surface area (Å²) in [5.41, 5.74) is 0.923. The molecule has 1 aliphatic rings. The summed E-state index contributed by atoms with van der Waals surface area (Å²) in [5, 5.41) is 0. The zero-order valence-corrected chi connectivity index (χ0v) is 11.9. The van der Waals surface area contributed by atoms with Gasteiger partial charge in [-0.2, -0.15) is 0 Å². The molecule has 1 unspecified atom stereocenters. The number of benzene rings is 1. The van der Waals surface area contributed by atoms with E-state index in [0.29, 0.717) is 6.42 Å². The largest absolute Gasteiger partial charge is 0.312 e. The van der Waals surface area contributed by atoms with Gasteiger partial charge in [-0.15, -0.1) is 23.2 Å². The van der Waals surface area contributed by atoms with Crippen molar-refractivity contribution in [3.63, 3.8) is 0 Å². The van der Waals surface area contributed by atoms with E-state index in [1.165, 1.54) is 0 Å². The van der Waals surface area contributed by atoms with Crippen molar-refractivity contribution in [3.05, 3.63) is 30.3 Å². The SMILES string of the molecule is CCCCN(C(=O)C1CC1(Cl)Cl)c1ccccc1. The Morgan fingerprint density at radius 1 is 1.39 bits per heavy atom. The van der Waals surface area contributed by atoms with E-state index in [0.717, 1.165) is 25.1 Å². The van der Waals surface area contributed by atoms with Crippen molar-refractivity contribution in [1.29, 1.82) is 0 Å². The molecule has 1 aromatic carbocycles. The van der Waals surface area contributed by atoms with Crippen LogP contribution in [0.1, 0.15) is 26.2 Å². The zero-order chi connectivity index (χ0) is 13.2. The molecule has 98 valence electrons. The molecule has 18 heavy (non-hydrogen) atoms. The van der Waals surface area contributed by atoms with Gasteiger partial charge < -0.3 is 4.90 Å². The summed E-state index contributed by atoms with van der Waals surface area (Å²) in [4.78, 5) is 14.2. The molecule has 0 saturated heterocycles. The molecule has 0 aromatic heterocycles. The van der Waals surface area contributed by atoms with E-state index in [-0.39, 0.29) is 11.8 Å². The number of hydrogen-bond donors (Lipinski definition) is 0. The number of halogens is 2. The highest BCUT2D eigenvalue weighted by molar-refractivity contribution is 6.52. The molecule has 0 aliphatic heterocycles. The fraction of sp³-hybridized carbons (Fsp3) is 0.500. The number of carbonyl (C=O) groups excluding carboxylic acids is 1. The average molecular weight is 286 g/mol. The highest BCUT2D eigenvalue weighted by Gasteiger charge is 2.57. The van der Waals surface area contributed by atoms with Gasteiger partial charge >= 0.3 is 0 Å². The predicted octanol–water partition coefficient (Wildman–Crippen LogP) is 4.01. The van der Waals surface area contributed by atoms with Crippen LogP contribution < -0.4 is 4.90 Å². The topological polar surface area (TPSA) is 20.3 Å². The number of anilines is 1. The minimum Gasteiger partial charge on any atom is -0.312 e. The Morgan fingerprint density at radius 3 is 2.50 bits per heavy atom. The summed E-state index contributed by atoms with van der Waals surface area (Å²) < 4.78 is -0.851. The van der Waals surface area contributed by atoms with Gasteiger partial charge in [0.2, 0.25) is 5.91 Å². The van der Waals surface area contributed by atoms with Gasteiger partial charge in [0.1, 0.15) is 4.33 Å². The van der Waals surface area contributed by atoms with Crippen LogP contribution >= 0.6 is 23.2 Å². The quantitative estimate of drug-likeness (QED) is 0.749. The van der Waals surface area contributed by atoms with E-state index >= 15 is 0 Å². The molecule has 1 aliphatic carbocycles. The van der Waals surface area contributed by atoms with E-state index in [1.54, 1.807) is 4.90 Å². The molecular weight excluding hydrogens is 269 g/mol. The summed E-state index contributed by atoms with van der Waals surface area (Å²) in [5.74, 6) is -0.211. The second-order valence-electron chi connectivity index (χ2n) is 4.70. The third kappa shape index (κ3) is 2.99. The molecule has 1 saturated carbocycles. The van der Waals surface area contributed by atoms with E-state index in [4.69, 9.17) is 23.2 Å². The maximum absolute atomic E-state index is 12.4. The number of para-hydroxylation sites is 1. The lowest BCUT2D eigenvalue weighted by molar-refractivity contribution is -0.119. The number of amides is 1. The molecule has 0 heterocycles. The van der Waals surface area contributed by atoms with Crippen molar-refractivity contribution in [2.24, 2.45) is 5.92 Å². The molecule has 2 nitrogen and oxygen atoms in total. The molecule has 1 atom stereocenters. The minimum absolute atomic E-state index is 0.0413. The smallest absolute Gasteiger partial charge is 0.233 e. The maximum atomic E-state index is 12.4. The van der Waals surface area contributed by atoms with Crippen molar-refractivity contribution in [1.82, 2.24) is 0 Å². The molecular formula is C14H17Cl2NO. The molecule has 0 bridgehead atoms. The molecule has 1 fully saturated rings. The maximum Gasteiger partial charge on any atom is 0.233 e. The van der Waals surface area contributed by atoms with Gasteiger partial charge in [0, 0.05) is 12.2 Å². The summed E-state index contributed by atoms with van der Waals surface area (Å²) >= 11 is 12.0. The van der Waals surface area contributed by atoms with Crippen LogP contribution in [0.25, 0.3) is 0 Å². The Kier molecular flexibility index (Phi) is 4.18. The second-order valence-corrected chi connectivity index (χ2v) is 6.24. The summed E-state index contributed by atoms with van der Waals surface area (Å²) in [6.45, 7) is 2.83. The lowest BCUT2D eigenvalue weighted by Gasteiger charge is -2.23. The van der Waals surface area contributed by atoms with Crippen LogP contribution in [-0.2, 0) is 4.79 Å². The number of unbranched alkanes of at least 4 members (excludes halogenated alkanes) is 1. The van der Waals surface area contributed by atoms with Gasteiger partial charge in [-0.3, -0.25) is 4.79 Å². The molecule has 0 spiro atoms. The van der Waals surface area contributed by atoms with Crippen molar-refractivity contribution < 1.29 is 4.79 Å². The summed E-state index contributed by atoms with van der Waals surface area (Å²) in [6, 6.07) is 9.70. The average Bonchev–Trinajstić information content (AvgIpc) is 3.00. The number of rotatable bonds is 5. The second kappa shape index (κ2) is 5.50. The lowest BCUT2D eigenvalue weighted by Crippen LogP contribution is -2.34. The van der Waals surface area contributed by atoms with E-state index in [1.807, 2.05) is 30.3 Å². The third-order valence-electron chi connectivity index (χ3n) is 3.19. The van der Waals surface area contributed by atoms with Gasteiger partial charge in [-0.05, 0) is 25.0 Å². The molecule has 0 N–H and O–H groups in total. The number of nitrogens with zero attached hydrogens (tertiary/aromatic N) is 1. The van der Waals surface area contributed by atoms with Gasteiger partial charge in [0.25, 0.3) is 0 Å². The normalized spacial score (nSPS) is 20.5. The van der Waals surface area contributed by atoms with Crippen LogP contribution in [0.3, 0.4) is 0 Å². The highest BCUT2D eigenvalue weighted by Crippen LogP contribution is 2.54. The van der Waals surface area contributed by atoms with E-state index in [2.05, 4.69) is 6.92 Å². The van der Waals surface area contributed by atoms with Gasteiger partial charge in [0.05, 0.1) is 5.92 Å². The van der Waals surface area contributed by atoms with Crippen molar-refractivity contribution in [2.45, 2.75) is 30.5 Å². The first-order chi connectivity index (χ1) is 8.56. The lowest BCUT2D eigenvalue weighted by atomic mass is 10.2. The molecule has 4 heteroatoms. The Hall–Kier alpha value is -0.730. The van der Waals surface area contributed by atoms with Crippen LogP contribution in [0, 0.1) is 5.92 Å². The van der Waals surface area contributed by atoms with Gasteiger partial charge in [0.15, 0.2) is 0 Å². The predicted molar refractivity (Wildman–Crippen MR) is 76.2 cm³/mol. The highest BCUT2D eigenvalue weighted by atomic mass is 35.5. The molecule has 1 amide bonds. The monoisotopic (exact) mass is 285 g/mol. The van der Waals surface area contributed by atoms with Crippen molar-refractivity contribution in [3.8, 4) is 0 Å². The molecule has 0 radical (unpaired) electrons. The van der Waals surface area contributed by atoms with Crippen LogP contribution in [0.4, 0.5) is 5.69 Å². The van der Waals surface area contributed by atoms with Crippen molar-refractivity contribution in [2.75, 3.05) is 11.4 Å². The third-order valence-corrected chi connectivity index (χ3v) is 4.03. The molecule has 2 rings (SSSR count). The Balaban J connectivity index is 2.13. The standard InChI is InChI=1S/C14H17Cl2NO/c1-2-3-9-17(11-7-5-4-6-8-11)13(18)12-10-14(12,15)16/h4-8,12H,2-3,9-10H2,1H3. The number of alkyl halides is 2. The summed E-state index contributed by atoms with van der Waals surface area (Å²) in [6.07, 6.45) is 2.59. The Bertz CT molecular complexity index is 419. The Morgan fingerprint density at radius 2 is 2.00 bits per heavy atom. The molecule has 1 aromatic rings. The first kappa shape index (κ1) is 13.7. The minimum atomic E-state index is -0.851. The number of carbonyl (C=O) groups is 1. The van der Waals surface area contributed by atoms with Gasteiger partial charge in [-0.25, -0.2) is 0 Å². The van der Waals surface area contributed by atoms with E-state index < -0.39 is 4.33 Å². The van der Waals surface area contributed by atoms with E-state index in [9.17, 15) is 4.79 Å². The first-order valence-corrected chi connectivity index (χ1v) is 7.06. The zero-order valence-electron chi connectivity index (χ0n) is 10.4. The number of hydrogen-bond acceptors (Lipinski definition) is 1. The summed E-state index contributed by atoms with van der Waals surface area (Å²) in [7, 11) is 0. The van der Waals surface area contributed by atoms with Crippen LogP contribution in [0.5, 0.6) is 0 Å². The van der Waals surface area contributed by atoms with Crippen LogP contribution in [-0.4, -0.2) is 16.8 Å². The fourth-order valence-corrected chi connectivity index (χ4v) is 2.46. The first-order valence-electron chi connectivity index (χ1n) is 6.30. The van der Waals surface area contributed by atoms with Crippen LogP contribution in [0.2, 0.25) is 0 Å². The van der Waals surface area contributed by atoms with Crippen molar-refractivity contribution >= 4 is 34.8 Å². The van der Waals surface area contributed by atoms with Crippen LogP contribution in [0.15, 0.2) is 30.3 Å². The van der Waals surface area contributed by atoms with Gasteiger partial charge in [-0.1, -0.05) is 31.5 Å². The fourth-order valence-electron chi connectivity index (χ4n) is 1.96.